The molecule has 0 radical (unpaired) electrons. The van der Waals surface area contributed by atoms with Gasteiger partial charge in [0.2, 0.25) is 5.43 Å². The molecule has 6 heteroatoms. The SMILES string of the molecule is CCOCCCn1cc(O)c(=O)cc1CN1CCN(C)CC1. The average molecular weight is 309 g/mol. The molecule has 1 aliphatic heterocycles. The highest BCUT2D eigenvalue weighted by Gasteiger charge is 2.16. The minimum absolute atomic E-state index is 0.182. The number of piperazine rings is 1. The number of rotatable bonds is 7. The second kappa shape index (κ2) is 8.31. The summed E-state index contributed by atoms with van der Waals surface area (Å²) < 4.78 is 7.34. The standard InChI is InChI=1S/C16H27N3O3/c1-3-22-10-4-5-19-13-16(21)15(20)11-14(19)12-18-8-6-17(2)7-9-18/h11,13,21H,3-10,12H2,1-2H3. The van der Waals surface area contributed by atoms with E-state index in [-0.39, 0.29) is 11.2 Å². The topological polar surface area (TPSA) is 57.9 Å². The molecule has 124 valence electrons. The largest absolute Gasteiger partial charge is 0.503 e. The van der Waals surface area contributed by atoms with Crippen LogP contribution in [0.4, 0.5) is 0 Å². The molecule has 1 aromatic heterocycles. The molecule has 0 atom stereocenters. The Labute approximate surface area is 131 Å². The third kappa shape index (κ3) is 4.83. The summed E-state index contributed by atoms with van der Waals surface area (Å²) in [5, 5.41) is 9.68. The average Bonchev–Trinajstić information content (AvgIpc) is 2.50. The quantitative estimate of drug-likeness (QED) is 0.753. The first-order chi connectivity index (χ1) is 10.6. The predicted octanol–water partition coefficient (Wildman–Crippen LogP) is 0.728. The van der Waals surface area contributed by atoms with Gasteiger partial charge in [-0.15, -0.1) is 0 Å². The van der Waals surface area contributed by atoms with E-state index in [4.69, 9.17) is 4.74 Å². The molecule has 1 aliphatic rings. The Kier molecular flexibility index (Phi) is 6.42. The maximum Gasteiger partial charge on any atom is 0.223 e. The van der Waals surface area contributed by atoms with E-state index >= 15 is 0 Å². The number of nitrogens with zero attached hydrogens (tertiary/aromatic N) is 3. The molecule has 0 aliphatic carbocycles. The second-order valence-corrected chi connectivity index (χ2v) is 5.84. The Morgan fingerprint density at radius 1 is 1.27 bits per heavy atom. The normalized spacial score (nSPS) is 17.0. The first kappa shape index (κ1) is 17.0. The Hall–Kier alpha value is -1.37. The van der Waals surface area contributed by atoms with E-state index in [0.29, 0.717) is 13.2 Å². The molecule has 1 fully saturated rings. The first-order valence-corrected chi connectivity index (χ1v) is 8.01. The zero-order chi connectivity index (χ0) is 15.9. The van der Waals surface area contributed by atoms with Gasteiger partial charge in [-0.2, -0.15) is 0 Å². The van der Waals surface area contributed by atoms with E-state index in [1.54, 1.807) is 12.3 Å². The molecule has 0 amide bonds. The summed E-state index contributed by atoms with van der Waals surface area (Å²) in [6.45, 7) is 8.98. The molecule has 1 aromatic rings. The zero-order valence-electron chi connectivity index (χ0n) is 13.6. The lowest BCUT2D eigenvalue weighted by Gasteiger charge is -2.32. The molecule has 6 nitrogen and oxygen atoms in total. The summed E-state index contributed by atoms with van der Waals surface area (Å²) in [6.07, 6.45) is 2.42. The number of pyridine rings is 1. The number of ether oxygens (including phenoxy) is 1. The van der Waals surface area contributed by atoms with Gasteiger partial charge in [0.05, 0.1) is 6.20 Å². The van der Waals surface area contributed by atoms with Gasteiger partial charge in [0.1, 0.15) is 0 Å². The molecule has 0 aromatic carbocycles. The third-order valence-electron chi connectivity index (χ3n) is 4.07. The summed E-state index contributed by atoms with van der Waals surface area (Å²) >= 11 is 0. The Morgan fingerprint density at radius 2 is 2.00 bits per heavy atom. The van der Waals surface area contributed by atoms with Crippen LogP contribution in [0.15, 0.2) is 17.1 Å². The van der Waals surface area contributed by atoms with Crippen LogP contribution in [-0.4, -0.2) is 65.9 Å². The molecule has 0 saturated carbocycles. The van der Waals surface area contributed by atoms with Gasteiger partial charge < -0.3 is 19.3 Å². The lowest BCUT2D eigenvalue weighted by molar-refractivity contribution is 0.137. The molecule has 2 rings (SSSR count). The maximum atomic E-state index is 11.7. The fourth-order valence-corrected chi connectivity index (χ4v) is 2.66. The van der Waals surface area contributed by atoms with Crippen molar-refractivity contribution in [1.82, 2.24) is 14.4 Å². The third-order valence-corrected chi connectivity index (χ3v) is 4.07. The Balaban J connectivity index is 2.04. The number of aromatic hydroxyl groups is 1. The minimum atomic E-state index is -0.301. The number of hydrogen-bond donors (Lipinski definition) is 1. The highest BCUT2D eigenvalue weighted by Crippen LogP contribution is 2.11. The van der Waals surface area contributed by atoms with Crippen LogP contribution >= 0.6 is 0 Å². The molecule has 0 unspecified atom stereocenters. The van der Waals surface area contributed by atoms with E-state index in [1.807, 2.05) is 11.5 Å². The molecule has 1 N–H and O–H groups in total. The molecular formula is C16H27N3O3. The lowest BCUT2D eigenvalue weighted by Crippen LogP contribution is -2.44. The van der Waals surface area contributed by atoms with Crippen molar-refractivity contribution in [3.63, 3.8) is 0 Å². The van der Waals surface area contributed by atoms with Crippen molar-refractivity contribution in [3.05, 3.63) is 28.2 Å². The molecule has 0 spiro atoms. The van der Waals surface area contributed by atoms with E-state index in [1.165, 1.54) is 0 Å². The van der Waals surface area contributed by atoms with Crippen molar-refractivity contribution in [2.24, 2.45) is 0 Å². The van der Waals surface area contributed by atoms with E-state index in [2.05, 4.69) is 16.8 Å². The number of hydrogen-bond acceptors (Lipinski definition) is 5. The van der Waals surface area contributed by atoms with E-state index in [0.717, 1.165) is 51.4 Å². The van der Waals surface area contributed by atoms with Gasteiger partial charge in [-0.05, 0) is 20.4 Å². The first-order valence-electron chi connectivity index (χ1n) is 8.01. The summed E-state index contributed by atoms with van der Waals surface area (Å²) in [6, 6.07) is 1.56. The Bertz CT molecular complexity index is 522. The van der Waals surface area contributed by atoms with Crippen molar-refractivity contribution < 1.29 is 9.84 Å². The monoisotopic (exact) mass is 309 g/mol. The van der Waals surface area contributed by atoms with Crippen LogP contribution < -0.4 is 5.43 Å². The van der Waals surface area contributed by atoms with Gasteiger partial charge in [0.25, 0.3) is 0 Å². The van der Waals surface area contributed by atoms with Crippen molar-refractivity contribution in [2.45, 2.75) is 26.4 Å². The fourth-order valence-electron chi connectivity index (χ4n) is 2.66. The number of likely N-dealkylation sites (N-methyl/N-ethyl adjacent to an activating group) is 1. The van der Waals surface area contributed by atoms with Crippen LogP contribution in [0.25, 0.3) is 0 Å². The molecule has 0 bridgehead atoms. The summed E-state index contributed by atoms with van der Waals surface area (Å²) in [5.74, 6) is -0.182. The summed E-state index contributed by atoms with van der Waals surface area (Å²) in [4.78, 5) is 16.4. The highest BCUT2D eigenvalue weighted by atomic mass is 16.5. The summed E-state index contributed by atoms with van der Waals surface area (Å²) in [7, 11) is 2.13. The number of aromatic nitrogens is 1. The van der Waals surface area contributed by atoms with Crippen LogP contribution in [0.5, 0.6) is 5.75 Å². The van der Waals surface area contributed by atoms with Crippen molar-refractivity contribution >= 4 is 0 Å². The smallest absolute Gasteiger partial charge is 0.223 e. The van der Waals surface area contributed by atoms with Crippen LogP contribution in [0.1, 0.15) is 19.0 Å². The van der Waals surface area contributed by atoms with E-state index < -0.39 is 0 Å². The van der Waals surface area contributed by atoms with Crippen LogP contribution in [-0.2, 0) is 17.8 Å². The molecule has 2 heterocycles. The van der Waals surface area contributed by atoms with Crippen LogP contribution in [0.2, 0.25) is 0 Å². The predicted molar refractivity (Wildman–Crippen MR) is 86.3 cm³/mol. The van der Waals surface area contributed by atoms with Crippen molar-refractivity contribution in [1.29, 1.82) is 0 Å². The molecular weight excluding hydrogens is 282 g/mol. The van der Waals surface area contributed by atoms with Crippen molar-refractivity contribution in [3.8, 4) is 5.75 Å². The zero-order valence-corrected chi connectivity index (χ0v) is 13.6. The molecule has 1 saturated heterocycles. The molecule has 22 heavy (non-hydrogen) atoms. The second-order valence-electron chi connectivity index (χ2n) is 5.84. The van der Waals surface area contributed by atoms with Gasteiger partial charge in [0, 0.05) is 64.2 Å². The van der Waals surface area contributed by atoms with Gasteiger partial charge in [0.15, 0.2) is 5.75 Å². The fraction of sp³-hybridized carbons (Fsp3) is 0.688. The number of aryl methyl sites for hydroxylation is 1. The van der Waals surface area contributed by atoms with Gasteiger partial charge in [-0.1, -0.05) is 0 Å². The van der Waals surface area contributed by atoms with Gasteiger partial charge in [-0.25, -0.2) is 0 Å². The van der Waals surface area contributed by atoms with Gasteiger partial charge >= 0.3 is 0 Å². The van der Waals surface area contributed by atoms with Crippen LogP contribution in [0, 0.1) is 0 Å². The summed E-state index contributed by atoms with van der Waals surface area (Å²) in [5.41, 5.74) is 0.661. The minimum Gasteiger partial charge on any atom is -0.503 e. The maximum absolute atomic E-state index is 11.7. The Morgan fingerprint density at radius 3 is 2.68 bits per heavy atom. The lowest BCUT2D eigenvalue weighted by atomic mass is 10.2. The van der Waals surface area contributed by atoms with Crippen molar-refractivity contribution in [2.75, 3.05) is 46.4 Å². The van der Waals surface area contributed by atoms with E-state index in [9.17, 15) is 9.90 Å². The van der Waals surface area contributed by atoms with Crippen LogP contribution in [0.3, 0.4) is 0 Å². The van der Waals surface area contributed by atoms with Gasteiger partial charge in [-0.3, -0.25) is 9.69 Å². The highest BCUT2D eigenvalue weighted by molar-refractivity contribution is 5.20.